The molecule has 1 N–H and O–H groups in total. The van der Waals surface area contributed by atoms with Gasteiger partial charge < -0.3 is 5.11 Å². The van der Waals surface area contributed by atoms with Gasteiger partial charge >= 0.3 is 0 Å². The first-order valence-corrected chi connectivity index (χ1v) is 10.8. The van der Waals surface area contributed by atoms with Gasteiger partial charge in [-0.1, -0.05) is 26.8 Å². The van der Waals surface area contributed by atoms with Crippen molar-refractivity contribution < 1.29 is 9.50 Å². The molecule has 0 fully saturated rings. The summed E-state index contributed by atoms with van der Waals surface area (Å²) < 4.78 is 18.1. The Hall–Kier alpha value is -3.10. The number of hydrogen-bond donors (Lipinski definition) is 1. The molecule has 2 aromatic carbocycles. The molecule has 162 valence electrons. The first-order chi connectivity index (χ1) is 15.2. The molecule has 9 heteroatoms. The lowest BCUT2D eigenvalue weighted by molar-refractivity contribution is 0.280. The molecule has 0 saturated heterocycles. The summed E-state index contributed by atoms with van der Waals surface area (Å²) in [6.07, 6.45) is 3.00. The van der Waals surface area contributed by atoms with E-state index in [9.17, 15) is 15.2 Å². The third-order valence-corrected chi connectivity index (χ3v) is 6.05. The molecule has 0 amide bonds. The summed E-state index contributed by atoms with van der Waals surface area (Å²) in [5.74, 6) is -0.615. The van der Waals surface area contributed by atoms with E-state index in [1.165, 1.54) is 16.9 Å². The molecule has 7 nitrogen and oxygen atoms in total. The van der Waals surface area contributed by atoms with E-state index in [0.29, 0.717) is 31.6 Å². The molecule has 0 unspecified atom stereocenters. The third kappa shape index (κ3) is 3.69. The van der Waals surface area contributed by atoms with Gasteiger partial charge in [-0.25, -0.2) is 9.07 Å². The van der Waals surface area contributed by atoms with Gasteiger partial charge in [0.1, 0.15) is 21.2 Å². The Kier molecular flexibility index (Phi) is 5.60. The number of benzene rings is 2. The van der Waals surface area contributed by atoms with Crippen molar-refractivity contribution in [1.82, 2.24) is 19.6 Å². The molecule has 4 aromatic rings. The second-order valence-electron chi connectivity index (χ2n) is 8.36. The molecule has 0 radical (unpaired) electrons. The van der Waals surface area contributed by atoms with Crippen LogP contribution in [0.2, 0.25) is 0 Å². The lowest BCUT2D eigenvalue weighted by Crippen LogP contribution is -2.24. The number of aliphatic hydroxyl groups excluding tert-OH is 1. The fourth-order valence-corrected chi connectivity index (χ4v) is 4.02. The molecule has 4 rings (SSSR count). The van der Waals surface area contributed by atoms with Gasteiger partial charge in [-0.15, -0.1) is 0 Å². The highest BCUT2D eigenvalue weighted by Gasteiger charge is 2.20. The van der Waals surface area contributed by atoms with Crippen LogP contribution in [0.15, 0.2) is 47.5 Å². The number of fused-ring (bicyclic) bond motifs is 1. The number of hydrogen-bond acceptors (Lipinski definition) is 5. The molecule has 0 aliphatic carbocycles. The number of halogens is 2. The average molecular weight is 543 g/mol. The van der Waals surface area contributed by atoms with Crippen LogP contribution in [0.4, 0.5) is 4.39 Å². The van der Waals surface area contributed by atoms with E-state index in [0.717, 1.165) is 10.2 Å². The lowest BCUT2D eigenvalue weighted by Gasteiger charge is -2.20. The summed E-state index contributed by atoms with van der Waals surface area (Å²) >= 11 is 1.95. The summed E-state index contributed by atoms with van der Waals surface area (Å²) in [4.78, 5) is 13.2. The summed E-state index contributed by atoms with van der Waals surface area (Å²) in [5, 5.41) is 28.3. The van der Waals surface area contributed by atoms with Crippen LogP contribution in [0.5, 0.6) is 0 Å². The number of aliphatic hydroxyl groups is 1. The van der Waals surface area contributed by atoms with Crippen molar-refractivity contribution in [1.29, 1.82) is 5.26 Å². The highest BCUT2D eigenvalue weighted by atomic mass is 127. The maximum absolute atomic E-state index is 15.0. The second kappa shape index (κ2) is 8.11. The zero-order valence-corrected chi connectivity index (χ0v) is 19.8. The van der Waals surface area contributed by atoms with Gasteiger partial charge in [0.15, 0.2) is 0 Å². The topological polar surface area (TPSA) is 96.7 Å². The first kappa shape index (κ1) is 22.1. The van der Waals surface area contributed by atoms with E-state index in [1.54, 1.807) is 30.5 Å². The zero-order chi connectivity index (χ0) is 23.2. The Bertz CT molecular complexity index is 1460. The molecule has 0 aliphatic rings. The molecule has 32 heavy (non-hydrogen) atoms. The summed E-state index contributed by atoms with van der Waals surface area (Å²) in [6.45, 7) is 5.49. The SMILES string of the molecule is CC(C)(C)c1cc(F)c2c(=O)n(-c3cccc(-n4cc(C#N)c(I)n4)c3CO)ncc2c1. The molecule has 2 heterocycles. The van der Waals surface area contributed by atoms with Crippen molar-refractivity contribution >= 4 is 33.4 Å². The summed E-state index contributed by atoms with van der Waals surface area (Å²) in [5.41, 5.74) is 1.41. The Balaban J connectivity index is 1.95. The van der Waals surface area contributed by atoms with Crippen LogP contribution in [-0.2, 0) is 12.0 Å². The minimum Gasteiger partial charge on any atom is -0.392 e. The van der Waals surface area contributed by atoms with Gasteiger partial charge in [0.2, 0.25) is 0 Å². The largest absolute Gasteiger partial charge is 0.392 e. The van der Waals surface area contributed by atoms with Gasteiger partial charge in [0.25, 0.3) is 5.56 Å². The number of nitrogens with zero attached hydrogens (tertiary/aromatic N) is 5. The maximum Gasteiger partial charge on any atom is 0.282 e. The van der Waals surface area contributed by atoms with Crippen molar-refractivity contribution in [2.24, 2.45) is 0 Å². The van der Waals surface area contributed by atoms with E-state index in [-0.39, 0.29) is 10.8 Å². The number of nitriles is 1. The van der Waals surface area contributed by atoms with Gasteiger partial charge in [0.05, 0.1) is 29.6 Å². The van der Waals surface area contributed by atoms with E-state index >= 15 is 4.39 Å². The van der Waals surface area contributed by atoms with Gasteiger partial charge in [-0.3, -0.25) is 4.79 Å². The Morgan fingerprint density at radius 3 is 2.59 bits per heavy atom. The molecule has 2 aromatic heterocycles. The van der Waals surface area contributed by atoms with Crippen LogP contribution in [0.1, 0.15) is 37.5 Å². The standard InChI is InChI=1S/C23H19FIN5O2/c1-23(2,3)15-7-13-10-27-30(22(32)20(13)17(24)8-15)19-6-4-5-18(16(19)12-31)29-11-14(9-26)21(25)28-29/h4-8,10-11,31H,12H2,1-3H3. The fraction of sp³-hybridized carbons (Fsp3) is 0.217. The van der Waals surface area contributed by atoms with Crippen LogP contribution in [-0.4, -0.2) is 24.7 Å². The minimum absolute atomic E-state index is 0.0669. The van der Waals surface area contributed by atoms with Crippen LogP contribution in [0.3, 0.4) is 0 Å². The zero-order valence-electron chi connectivity index (χ0n) is 17.6. The quantitative estimate of drug-likeness (QED) is 0.395. The van der Waals surface area contributed by atoms with E-state index in [2.05, 4.69) is 16.3 Å². The highest BCUT2D eigenvalue weighted by molar-refractivity contribution is 14.1. The first-order valence-electron chi connectivity index (χ1n) is 9.76. The van der Waals surface area contributed by atoms with Crippen molar-refractivity contribution in [2.45, 2.75) is 32.8 Å². The molecule has 0 spiro atoms. The van der Waals surface area contributed by atoms with Crippen LogP contribution in [0, 0.1) is 20.8 Å². The molecular weight excluding hydrogens is 524 g/mol. The van der Waals surface area contributed by atoms with E-state index in [4.69, 9.17) is 0 Å². The summed E-state index contributed by atoms with van der Waals surface area (Å²) in [6, 6.07) is 10.2. The minimum atomic E-state index is -0.625. The Morgan fingerprint density at radius 1 is 1.25 bits per heavy atom. The van der Waals surface area contributed by atoms with Crippen molar-refractivity contribution in [3.63, 3.8) is 0 Å². The maximum atomic E-state index is 15.0. The van der Waals surface area contributed by atoms with E-state index in [1.807, 2.05) is 43.4 Å². The average Bonchev–Trinajstić information content (AvgIpc) is 3.13. The number of aromatic nitrogens is 4. The highest BCUT2D eigenvalue weighted by Crippen LogP contribution is 2.28. The monoisotopic (exact) mass is 543 g/mol. The number of rotatable bonds is 3. The summed E-state index contributed by atoms with van der Waals surface area (Å²) in [7, 11) is 0. The normalized spacial score (nSPS) is 11.7. The molecule has 0 aliphatic heterocycles. The second-order valence-corrected chi connectivity index (χ2v) is 9.38. The van der Waals surface area contributed by atoms with Crippen molar-refractivity contribution in [2.75, 3.05) is 0 Å². The van der Waals surface area contributed by atoms with Gasteiger partial charge in [0, 0.05) is 17.1 Å². The predicted octanol–water partition coefficient (Wildman–Crippen LogP) is 3.98. The van der Waals surface area contributed by atoms with Crippen LogP contribution in [0.25, 0.3) is 22.1 Å². The molecule has 0 atom stereocenters. The Morgan fingerprint density at radius 2 is 1.97 bits per heavy atom. The molecular formula is C23H19FIN5O2. The van der Waals surface area contributed by atoms with E-state index < -0.39 is 18.0 Å². The van der Waals surface area contributed by atoms with Crippen LogP contribution < -0.4 is 5.56 Å². The molecule has 0 saturated carbocycles. The van der Waals surface area contributed by atoms with Crippen molar-refractivity contribution in [3.8, 4) is 17.4 Å². The van der Waals surface area contributed by atoms with Gasteiger partial charge in [-0.2, -0.15) is 20.1 Å². The fourth-order valence-electron chi connectivity index (χ4n) is 3.53. The Labute approximate surface area is 196 Å². The molecule has 0 bridgehead atoms. The lowest BCUT2D eigenvalue weighted by atomic mass is 9.86. The smallest absolute Gasteiger partial charge is 0.282 e. The van der Waals surface area contributed by atoms with Crippen molar-refractivity contribution in [3.05, 3.63) is 79.3 Å². The van der Waals surface area contributed by atoms with Gasteiger partial charge in [-0.05, 0) is 57.8 Å². The predicted molar refractivity (Wildman–Crippen MR) is 126 cm³/mol. The third-order valence-electron chi connectivity index (χ3n) is 5.25. The van der Waals surface area contributed by atoms with Crippen LogP contribution >= 0.6 is 22.6 Å².